The zero-order valence-corrected chi connectivity index (χ0v) is 16.4. The zero-order chi connectivity index (χ0) is 19.3. The second kappa shape index (κ2) is 9.07. The molecule has 9 heteroatoms. The summed E-state index contributed by atoms with van der Waals surface area (Å²) in [6, 6.07) is 1.52. The Hall–Kier alpha value is -2.03. The van der Waals surface area contributed by atoms with Crippen LogP contribution in [0.4, 0.5) is 4.79 Å². The maximum atomic E-state index is 12.1. The van der Waals surface area contributed by atoms with Crippen LogP contribution in [0.25, 0.3) is 0 Å². The Morgan fingerprint density at radius 3 is 2.65 bits per heavy atom. The molecular formula is C17H24BrN3O5. The number of amides is 2. The Labute approximate surface area is 160 Å². The number of nitrogens with one attached hydrogen (secondary N) is 2. The molecule has 1 heterocycles. The molecule has 2 amide bonds. The van der Waals surface area contributed by atoms with Gasteiger partial charge in [-0.05, 0) is 41.6 Å². The van der Waals surface area contributed by atoms with Crippen LogP contribution in [0.1, 0.15) is 32.6 Å². The Bertz CT molecular complexity index is 713. The van der Waals surface area contributed by atoms with Gasteiger partial charge in [-0.25, -0.2) is 4.79 Å². The van der Waals surface area contributed by atoms with Crippen LogP contribution in [0.15, 0.2) is 21.5 Å². The SMILES string of the molecule is C[C@H](CNC(=O)O)C(=O)NC1CCC(Oc2cc(=O)n(C)cc2Br)CC1. The number of hydrogen-bond acceptors (Lipinski definition) is 4. The van der Waals surface area contributed by atoms with Crippen LogP contribution in [0.5, 0.6) is 5.75 Å². The van der Waals surface area contributed by atoms with Gasteiger partial charge >= 0.3 is 6.09 Å². The summed E-state index contributed by atoms with van der Waals surface area (Å²) in [6.45, 7) is 1.78. The minimum atomic E-state index is -1.13. The number of ether oxygens (including phenoxy) is 1. The molecule has 8 nitrogen and oxygen atoms in total. The summed E-state index contributed by atoms with van der Waals surface area (Å²) >= 11 is 3.40. The number of carboxylic acid groups (broad SMARTS) is 1. The van der Waals surface area contributed by atoms with E-state index in [9.17, 15) is 14.4 Å². The van der Waals surface area contributed by atoms with Gasteiger partial charge in [0.1, 0.15) is 5.75 Å². The van der Waals surface area contributed by atoms with E-state index < -0.39 is 12.0 Å². The maximum Gasteiger partial charge on any atom is 0.404 e. The first-order chi connectivity index (χ1) is 12.3. The maximum absolute atomic E-state index is 12.1. The Kier molecular flexibility index (Phi) is 7.07. The fourth-order valence-electron chi connectivity index (χ4n) is 2.85. The zero-order valence-electron chi connectivity index (χ0n) is 14.8. The topological polar surface area (TPSA) is 110 Å². The molecule has 0 saturated heterocycles. The van der Waals surface area contributed by atoms with Gasteiger partial charge in [-0.1, -0.05) is 6.92 Å². The number of carbonyl (C=O) groups is 2. The molecule has 26 heavy (non-hydrogen) atoms. The number of pyridine rings is 1. The van der Waals surface area contributed by atoms with Gasteiger partial charge in [0, 0.05) is 31.9 Å². The van der Waals surface area contributed by atoms with Gasteiger partial charge in [0.25, 0.3) is 5.56 Å². The second-order valence-corrected chi connectivity index (χ2v) is 7.48. The van der Waals surface area contributed by atoms with Gasteiger partial charge in [-0.3, -0.25) is 9.59 Å². The van der Waals surface area contributed by atoms with Gasteiger partial charge in [0.15, 0.2) is 0 Å². The molecule has 1 saturated carbocycles. The third-order valence-corrected chi connectivity index (χ3v) is 5.06. The summed E-state index contributed by atoms with van der Waals surface area (Å²) in [6.07, 6.45) is 3.64. The Morgan fingerprint density at radius 2 is 2.04 bits per heavy atom. The first-order valence-corrected chi connectivity index (χ1v) is 9.35. The number of halogens is 1. The summed E-state index contributed by atoms with van der Waals surface area (Å²) in [4.78, 5) is 34.3. The Morgan fingerprint density at radius 1 is 1.38 bits per heavy atom. The molecule has 1 atom stereocenters. The fourth-order valence-corrected chi connectivity index (χ4v) is 3.37. The van der Waals surface area contributed by atoms with Crippen molar-refractivity contribution in [3.63, 3.8) is 0 Å². The van der Waals surface area contributed by atoms with Crippen molar-refractivity contribution in [3.8, 4) is 5.75 Å². The predicted molar refractivity (Wildman–Crippen MR) is 99.4 cm³/mol. The molecule has 0 radical (unpaired) electrons. The monoisotopic (exact) mass is 429 g/mol. The number of aryl methyl sites for hydroxylation is 1. The predicted octanol–water partition coefficient (Wildman–Crippen LogP) is 1.86. The van der Waals surface area contributed by atoms with Gasteiger partial charge in [0.05, 0.1) is 16.5 Å². The smallest absolute Gasteiger partial charge is 0.404 e. The van der Waals surface area contributed by atoms with E-state index in [0.717, 1.165) is 30.2 Å². The van der Waals surface area contributed by atoms with Crippen molar-refractivity contribution in [1.29, 1.82) is 0 Å². The minimum absolute atomic E-state index is 0.00217. The van der Waals surface area contributed by atoms with E-state index in [1.54, 1.807) is 20.2 Å². The van der Waals surface area contributed by atoms with Gasteiger partial charge in [-0.2, -0.15) is 0 Å². The van der Waals surface area contributed by atoms with Crippen LogP contribution in [-0.2, 0) is 11.8 Å². The molecule has 0 spiro atoms. The normalized spacial score (nSPS) is 20.9. The molecule has 144 valence electrons. The molecular weight excluding hydrogens is 406 g/mol. The van der Waals surface area contributed by atoms with Gasteiger partial charge in [-0.15, -0.1) is 0 Å². The van der Waals surface area contributed by atoms with E-state index in [0.29, 0.717) is 5.75 Å². The lowest BCUT2D eigenvalue weighted by Gasteiger charge is -2.30. The van der Waals surface area contributed by atoms with Crippen LogP contribution < -0.4 is 20.9 Å². The van der Waals surface area contributed by atoms with Crippen molar-refractivity contribution in [2.24, 2.45) is 13.0 Å². The molecule has 1 aromatic heterocycles. The highest BCUT2D eigenvalue weighted by atomic mass is 79.9. The summed E-state index contributed by atoms with van der Waals surface area (Å²) in [5, 5.41) is 13.8. The summed E-state index contributed by atoms with van der Waals surface area (Å²) in [5.74, 6) is -0.0389. The third-order valence-electron chi connectivity index (χ3n) is 4.47. The van der Waals surface area contributed by atoms with E-state index in [2.05, 4.69) is 26.6 Å². The van der Waals surface area contributed by atoms with Crippen molar-refractivity contribution in [2.45, 2.75) is 44.8 Å². The first-order valence-electron chi connectivity index (χ1n) is 8.56. The standard InChI is InChI=1S/C17H24BrN3O5/c1-10(8-19-17(24)25)16(23)20-11-3-5-12(6-4-11)26-14-7-15(22)21(2)9-13(14)18/h7,9-12,19H,3-6,8H2,1-2H3,(H,20,23)(H,24,25)/t10-,11?,12?/m1/s1. The van der Waals surface area contributed by atoms with Crippen LogP contribution in [0, 0.1) is 5.92 Å². The van der Waals surface area contributed by atoms with E-state index in [1.807, 2.05) is 0 Å². The van der Waals surface area contributed by atoms with E-state index in [1.165, 1.54) is 10.6 Å². The molecule has 0 aromatic carbocycles. The lowest BCUT2D eigenvalue weighted by atomic mass is 9.92. The lowest BCUT2D eigenvalue weighted by molar-refractivity contribution is -0.125. The van der Waals surface area contributed by atoms with E-state index >= 15 is 0 Å². The lowest BCUT2D eigenvalue weighted by Crippen LogP contribution is -2.44. The third kappa shape index (κ3) is 5.76. The fraction of sp³-hybridized carbons (Fsp3) is 0.588. The average molecular weight is 430 g/mol. The van der Waals surface area contributed by atoms with Crippen molar-refractivity contribution in [2.75, 3.05) is 6.54 Å². The van der Waals surface area contributed by atoms with Crippen molar-refractivity contribution in [1.82, 2.24) is 15.2 Å². The van der Waals surface area contributed by atoms with Crippen LogP contribution >= 0.6 is 15.9 Å². The highest BCUT2D eigenvalue weighted by Gasteiger charge is 2.25. The van der Waals surface area contributed by atoms with E-state index in [4.69, 9.17) is 9.84 Å². The minimum Gasteiger partial charge on any atom is -0.489 e. The first kappa shape index (κ1) is 20.3. The van der Waals surface area contributed by atoms with E-state index in [-0.39, 0.29) is 30.2 Å². The number of carbonyl (C=O) groups excluding carboxylic acids is 1. The summed E-state index contributed by atoms with van der Waals surface area (Å²) in [5.41, 5.74) is -0.131. The van der Waals surface area contributed by atoms with Crippen molar-refractivity contribution < 1.29 is 19.4 Å². The molecule has 3 N–H and O–H groups in total. The average Bonchev–Trinajstić information content (AvgIpc) is 2.59. The van der Waals surface area contributed by atoms with Crippen molar-refractivity contribution >= 4 is 27.9 Å². The number of nitrogens with zero attached hydrogens (tertiary/aromatic N) is 1. The highest BCUT2D eigenvalue weighted by Crippen LogP contribution is 2.28. The molecule has 1 aliphatic carbocycles. The second-order valence-electron chi connectivity index (χ2n) is 6.62. The molecule has 1 fully saturated rings. The molecule has 1 aliphatic rings. The summed E-state index contributed by atoms with van der Waals surface area (Å²) < 4.78 is 8.15. The number of hydrogen-bond donors (Lipinski definition) is 3. The number of rotatable bonds is 6. The Balaban J connectivity index is 1.80. The van der Waals surface area contributed by atoms with Crippen LogP contribution in [-0.4, -0.2) is 40.4 Å². The molecule has 1 aromatic rings. The number of aromatic nitrogens is 1. The molecule has 0 aliphatic heterocycles. The van der Waals surface area contributed by atoms with Gasteiger partial charge < -0.3 is 25.0 Å². The van der Waals surface area contributed by atoms with Crippen LogP contribution in [0.3, 0.4) is 0 Å². The quantitative estimate of drug-likeness (QED) is 0.638. The molecule has 2 rings (SSSR count). The largest absolute Gasteiger partial charge is 0.489 e. The highest BCUT2D eigenvalue weighted by molar-refractivity contribution is 9.10. The van der Waals surface area contributed by atoms with Gasteiger partial charge in [0.2, 0.25) is 5.91 Å². The molecule has 0 unspecified atom stereocenters. The van der Waals surface area contributed by atoms with Crippen molar-refractivity contribution in [3.05, 3.63) is 27.1 Å². The van der Waals surface area contributed by atoms with Crippen LogP contribution in [0.2, 0.25) is 0 Å². The molecule has 0 bridgehead atoms. The summed E-state index contributed by atoms with van der Waals surface area (Å²) in [7, 11) is 1.68.